The number of phenols is 1. The van der Waals surface area contributed by atoms with Crippen molar-refractivity contribution in [3.05, 3.63) is 60.2 Å². The minimum absolute atomic E-state index is 0.0621. The Morgan fingerprint density at radius 2 is 1.64 bits per heavy atom. The molecule has 0 spiro atoms. The number of carbonyl (C=O) groups excluding carboxylic acids is 2. The maximum absolute atomic E-state index is 11.8. The zero-order valence-electron chi connectivity index (χ0n) is 11.7. The van der Waals surface area contributed by atoms with Crippen molar-refractivity contribution in [2.75, 3.05) is 5.01 Å². The van der Waals surface area contributed by atoms with E-state index in [1.165, 1.54) is 24.3 Å². The molecule has 0 heterocycles. The molecular weight excluding hydrogens is 284 g/mol. The van der Waals surface area contributed by atoms with Gasteiger partial charge in [0.2, 0.25) is 0 Å². The van der Waals surface area contributed by atoms with Crippen LogP contribution < -0.4 is 16.5 Å². The minimum Gasteiger partial charge on any atom is -0.508 e. The van der Waals surface area contributed by atoms with Gasteiger partial charge in [-0.1, -0.05) is 36.4 Å². The van der Waals surface area contributed by atoms with E-state index >= 15 is 0 Å². The molecule has 22 heavy (non-hydrogen) atoms. The Morgan fingerprint density at radius 1 is 0.955 bits per heavy atom. The number of benzene rings is 2. The molecule has 0 aliphatic heterocycles. The normalized spacial score (nSPS) is 10.0. The Morgan fingerprint density at radius 3 is 2.18 bits per heavy atom. The first-order valence-corrected chi connectivity index (χ1v) is 6.48. The van der Waals surface area contributed by atoms with Crippen LogP contribution in [0.1, 0.15) is 5.56 Å². The monoisotopic (exact) mass is 300 g/mol. The highest BCUT2D eigenvalue weighted by Gasteiger charge is 2.25. The van der Waals surface area contributed by atoms with Gasteiger partial charge >= 0.3 is 12.1 Å². The average Bonchev–Trinajstić information content (AvgIpc) is 2.47. The molecule has 0 saturated heterocycles. The lowest BCUT2D eigenvalue weighted by Crippen LogP contribution is -2.53. The van der Waals surface area contributed by atoms with Gasteiger partial charge in [0.05, 0.1) is 12.2 Å². The second-order valence-corrected chi connectivity index (χ2v) is 4.55. The fraction of sp³-hybridized carbons (Fsp3) is 0.0667. The second-order valence-electron chi connectivity index (χ2n) is 4.55. The van der Waals surface area contributed by atoms with Gasteiger partial charge < -0.3 is 16.6 Å². The molecule has 0 aliphatic carbocycles. The number of hydrazine groups is 1. The van der Waals surface area contributed by atoms with Gasteiger partial charge in [-0.15, -0.1) is 0 Å². The highest BCUT2D eigenvalue weighted by molar-refractivity contribution is 5.93. The Balaban J connectivity index is 2.38. The lowest BCUT2D eigenvalue weighted by Gasteiger charge is -2.32. The van der Waals surface area contributed by atoms with E-state index < -0.39 is 12.1 Å². The van der Waals surface area contributed by atoms with Crippen molar-refractivity contribution in [1.82, 2.24) is 5.01 Å². The summed E-state index contributed by atoms with van der Waals surface area (Å²) in [7, 11) is 0. The van der Waals surface area contributed by atoms with E-state index in [2.05, 4.69) is 0 Å². The van der Waals surface area contributed by atoms with Gasteiger partial charge in [-0.05, 0) is 17.7 Å². The third-order valence-electron chi connectivity index (χ3n) is 2.95. The number of hydrogen-bond acceptors (Lipinski definition) is 3. The van der Waals surface area contributed by atoms with Crippen molar-refractivity contribution < 1.29 is 14.7 Å². The van der Waals surface area contributed by atoms with E-state index in [0.717, 1.165) is 15.6 Å². The van der Waals surface area contributed by atoms with E-state index in [4.69, 9.17) is 11.5 Å². The standard InChI is InChI=1S/C15H16N4O3/c16-14(21)18(10-11-5-2-1-3-6-11)19(15(17)22)12-7-4-8-13(20)9-12/h1-9,20H,10H2,(H2,16,21)(H2,17,22). The van der Waals surface area contributed by atoms with Gasteiger partial charge in [0.1, 0.15) is 5.75 Å². The second kappa shape index (κ2) is 6.49. The first-order valence-electron chi connectivity index (χ1n) is 6.48. The lowest BCUT2D eigenvalue weighted by molar-refractivity contribution is 0.194. The quantitative estimate of drug-likeness (QED) is 0.751. The molecule has 5 N–H and O–H groups in total. The molecule has 2 aromatic carbocycles. The highest BCUT2D eigenvalue weighted by Crippen LogP contribution is 2.22. The third-order valence-corrected chi connectivity index (χ3v) is 2.95. The van der Waals surface area contributed by atoms with Gasteiger partial charge in [0, 0.05) is 6.07 Å². The number of urea groups is 2. The molecule has 7 nitrogen and oxygen atoms in total. The van der Waals surface area contributed by atoms with Crippen molar-refractivity contribution >= 4 is 17.7 Å². The van der Waals surface area contributed by atoms with Gasteiger partial charge in [-0.3, -0.25) is 0 Å². The molecular formula is C15H16N4O3. The fourth-order valence-corrected chi connectivity index (χ4v) is 2.01. The summed E-state index contributed by atoms with van der Waals surface area (Å²) in [6.45, 7) is 0.0643. The van der Waals surface area contributed by atoms with Crippen molar-refractivity contribution in [3.63, 3.8) is 0 Å². The molecule has 0 radical (unpaired) electrons. The molecule has 0 bridgehead atoms. The topological polar surface area (TPSA) is 113 Å². The lowest BCUT2D eigenvalue weighted by atomic mass is 10.2. The van der Waals surface area contributed by atoms with Crippen LogP contribution in [0.4, 0.5) is 15.3 Å². The predicted octanol–water partition coefficient (Wildman–Crippen LogP) is 1.77. The Labute approximate surface area is 127 Å². The number of aromatic hydroxyl groups is 1. The van der Waals surface area contributed by atoms with Gasteiger partial charge in [-0.25, -0.2) is 14.6 Å². The van der Waals surface area contributed by atoms with Crippen LogP contribution in [-0.2, 0) is 6.54 Å². The summed E-state index contributed by atoms with van der Waals surface area (Å²) >= 11 is 0. The largest absolute Gasteiger partial charge is 0.508 e. The molecule has 0 unspecified atom stereocenters. The van der Waals surface area contributed by atoms with Crippen LogP contribution in [0.2, 0.25) is 0 Å². The zero-order valence-corrected chi connectivity index (χ0v) is 11.7. The van der Waals surface area contributed by atoms with E-state index in [1.54, 1.807) is 24.3 Å². The summed E-state index contributed by atoms with van der Waals surface area (Å²) in [6, 6.07) is 13.1. The molecule has 7 heteroatoms. The van der Waals surface area contributed by atoms with Crippen molar-refractivity contribution in [3.8, 4) is 5.75 Å². The summed E-state index contributed by atoms with van der Waals surface area (Å²) < 4.78 is 0. The van der Waals surface area contributed by atoms with Crippen molar-refractivity contribution in [1.29, 1.82) is 0 Å². The van der Waals surface area contributed by atoms with Crippen LogP contribution in [0, 0.1) is 0 Å². The van der Waals surface area contributed by atoms with Crippen LogP contribution in [0.25, 0.3) is 0 Å². The Bertz CT molecular complexity index is 675. The first kappa shape index (κ1) is 15.2. The molecule has 114 valence electrons. The molecule has 0 saturated carbocycles. The first-order chi connectivity index (χ1) is 10.5. The van der Waals surface area contributed by atoms with Gasteiger partial charge in [0.15, 0.2) is 0 Å². The minimum atomic E-state index is -0.889. The molecule has 4 amide bonds. The van der Waals surface area contributed by atoms with Crippen LogP contribution in [0.3, 0.4) is 0 Å². The molecule has 0 atom stereocenters. The number of hydrogen-bond donors (Lipinski definition) is 3. The molecule has 0 aliphatic rings. The molecule has 0 aromatic heterocycles. The summed E-state index contributed by atoms with van der Waals surface area (Å²) in [5, 5.41) is 11.5. The number of carbonyl (C=O) groups is 2. The van der Waals surface area contributed by atoms with E-state index in [9.17, 15) is 14.7 Å². The van der Waals surface area contributed by atoms with Crippen molar-refractivity contribution in [2.45, 2.75) is 6.54 Å². The molecule has 0 fully saturated rings. The number of rotatable bonds is 3. The predicted molar refractivity (Wildman–Crippen MR) is 81.7 cm³/mol. The third kappa shape index (κ3) is 3.45. The number of nitrogens with zero attached hydrogens (tertiary/aromatic N) is 2. The number of amides is 4. The fourth-order valence-electron chi connectivity index (χ4n) is 2.01. The molecule has 2 aromatic rings. The van der Waals surface area contributed by atoms with Crippen LogP contribution in [0.15, 0.2) is 54.6 Å². The van der Waals surface area contributed by atoms with Gasteiger partial charge in [0.25, 0.3) is 0 Å². The number of nitrogens with two attached hydrogens (primary N) is 2. The zero-order chi connectivity index (χ0) is 16.1. The molecule has 2 rings (SSSR count). The highest BCUT2D eigenvalue weighted by atomic mass is 16.3. The van der Waals surface area contributed by atoms with E-state index in [-0.39, 0.29) is 18.0 Å². The van der Waals surface area contributed by atoms with E-state index in [0.29, 0.717) is 0 Å². The van der Waals surface area contributed by atoms with Crippen LogP contribution in [-0.4, -0.2) is 22.2 Å². The smallest absolute Gasteiger partial charge is 0.338 e. The summed E-state index contributed by atoms with van der Waals surface area (Å²) in [5.74, 6) is -0.0621. The maximum Gasteiger partial charge on any atom is 0.338 e. The number of phenolic OH excluding ortho intramolecular Hbond substituents is 1. The summed E-state index contributed by atoms with van der Waals surface area (Å²) in [4.78, 5) is 23.5. The summed E-state index contributed by atoms with van der Waals surface area (Å²) in [5.41, 5.74) is 11.7. The Hall–Kier alpha value is -3.22. The average molecular weight is 300 g/mol. The maximum atomic E-state index is 11.8. The van der Waals surface area contributed by atoms with Gasteiger partial charge in [-0.2, -0.15) is 5.01 Å². The number of anilines is 1. The number of primary amides is 2. The summed E-state index contributed by atoms with van der Waals surface area (Å²) in [6.07, 6.45) is 0. The van der Waals surface area contributed by atoms with Crippen LogP contribution in [0.5, 0.6) is 5.75 Å². The van der Waals surface area contributed by atoms with Crippen LogP contribution >= 0.6 is 0 Å². The van der Waals surface area contributed by atoms with Crippen molar-refractivity contribution in [2.24, 2.45) is 11.5 Å². The Kier molecular flexibility index (Phi) is 4.47. The van der Waals surface area contributed by atoms with E-state index in [1.807, 2.05) is 6.07 Å². The SMILES string of the molecule is NC(=O)N(Cc1ccccc1)N(C(N)=O)c1cccc(O)c1.